The normalized spacial score (nSPS) is 12.0. The number of nitrogens with one attached hydrogen (secondary N) is 2. The van der Waals surface area contributed by atoms with Gasteiger partial charge in [0, 0.05) is 6.07 Å². The summed E-state index contributed by atoms with van der Waals surface area (Å²) in [5, 5.41) is 2.77. The third-order valence-electron chi connectivity index (χ3n) is 5.24. The van der Waals surface area contributed by atoms with Crippen molar-refractivity contribution in [2.75, 3.05) is 26.6 Å². The fourth-order valence-corrected chi connectivity index (χ4v) is 4.72. The molecule has 8 nitrogen and oxygen atoms in total. The molecular formula is C25H28N2O6S. The number of amides is 1. The maximum Gasteiger partial charge on any atom is 0.243 e. The van der Waals surface area contributed by atoms with Crippen molar-refractivity contribution in [2.45, 2.75) is 24.3 Å². The molecule has 0 aliphatic carbocycles. The number of carbonyl (C=O) groups is 1. The van der Waals surface area contributed by atoms with Gasteiger partial charge in [-0.3, -0.25) is 4.79 Å². The van der Waals surface area contributed by atoms with Crippen LogP contribution < -0.4 is 24.2 Å². The Labute approximate surface area is 199 Å². The molecular weight excluding hydrogens is 456 g/mol. The molecule has 2 N–H and O–H groups in total. The van der Waals surface area contributed by atoms with Gasteiger partial charge in [0.05, 0.1) is 31.9 Å². The van der Waals surface area contributed by atoms with Gasteiger partial charge in [-0.25, -0.2) is 8.42 Å². The maximum absolute atomic E-state index is 13.3. The minimum absolute atomic E-state index is 0.0376. The van der Waals surface area contributed by atoms with Crippen LogP contribution in [0.4, 0.5) is 5.69 Å². The van der Waals surface area contributed by atoms with Crippen LogP contribution in [0, 0.1) is 6.92 Å². The second kappa shape index (κ2) is 11.0. The first-order chi connectivity index (χ1) is 16.3. The van der Waals surface area contributed by atoms with Gasteiger partial charge in [0.2, 0.25) is 15.9 Å². The van der Waals surface area contributed by atoms with E-state index in [0.29, 0.717) is 28.5 Å². The molecule has 180 valence electrons. The summed E-state index contributed by atoms with van der Waals surface area (Å²) in [5.74, 6) is 0.970. The summed E-state index contributed by atoms with van der Waals surface area (Å²) in [4.78, 5) is 13.3. The highest BCUT2D eigenvalue weighted by molar-refractivity contribution is 7.89. The first kappa shape index (κ1) is 25.1. The van der Waals surface area contributed by atoms with Gasteiger partial charge in [-0.05, 0) is 54.8 Å². The first-order valence-electron chi connectivity index (χ1n) is 10.5. The van der Waals surface area contributed by atoms with Gasteiger partial charge in [-0.15, -0.1) is 0 Å². The summed E-state index contributed by atoms with van der Waals surface area (Å²) < 4.78 is 44.7. The molecule has 9 heteroatoms. The van der Waals surface area contributed by atoms with Crippen LogP contribution in [0.2, 0.25) is 0 Å². The quantitative estimate of drug-likeness (QED) is 0.456. The van der Waals surface area contributed by atoms with Crippen molar-refractivity contribution in [2.24, 2.45) is 0 Å². The van der Waals surface area contributed by atoms with Gasteiger partial charge >= 0.3 is 0 Å². The Bertz CT molecular complexity index is 1250. The molecule has 0 fully saturated rings. The molecule has 3 aromatic carbocycles. The van der Waals surface area contributed by atoms with Gasteiger partial charge in [-0.2, -0.15) is 4.72 Å². The first-order valence-corrected chi connectivity index (χ1v) is 12.0. The van der Waals surface area contributed by atoms with E-state index in [4.69, 9.17) is 14.2 Å². The van der Waals surface area contributed by atoms with E-state index < -0.39 is 22.0 Å². The molecule has 3 rings (SSSR count). The molecule has 0 bridgehead atoms. The average Bonchev–Trinajstić information content (AvgIpc) is 2.84. The zero-order chi connectivity index (χ0) is 24.7. The Morgan fingerprint density at radius 1 is 0.882 bits per heavy atom. The topological polar surface area (TPSA) is 103 Å². The number of ether oxygens (including phenoxy) is 3. The van der Waals surface area contributed by atoms with E-state index in [-0.39, 0.29) is 11.3 Å². The van der Waals surface area contributed by atoms with E-state index in [0.717, 1.165) is 5.56 Å². The minimum atomic E-state index is -4.02. The predicted molar refractivity (Wildman–Crippen MR) is 130 cm³/mol. The summed E-state index contributed by atoms with van der Waals surface area (Å²) in [6.45, 7) is 1.75. The number of carbonyl (C=O) groups excluding carboxylic acids is 1. The van der Waals surface area contributed by atoms with Gasteiger partial charge in [0.15, 0.2) is 0 Å². The molecule has 0 saturated carbocycles. The number of hydrogen-bond donors (Lipinski definition) is 2. The lowest BCUT2D eigenvalue weighted by Gasteiger charge is -2.20. The Morgan fingerprint density at radius 3 is 2.18 bits per heavy atom. The van der Waals surface area contributed by atoms with Gasteiger partial charge in [-0.1, -0.05) is 30.3 Å². The number of benzene rings is 3. The lowest BCUT2D eigenvalue weighted by atomic mass is 10.1. The Balaban J connectivity index is 1.92. The van der Waals surface area contributed by atoms with E-state index in [1.54, 1.807) is 31.2 Å². The number of hydrogen-bond acceptors (Lipinski definition) is 6. The van der Waals surface area contributed by atoms with Crippen molar-refractivity contribution in [3.63, 3.8) is 0 Å². The molecule has 0 aliphatic heterocycles. The smallest absolute Gasteiger partial charge is 0.243 e. The highest BCUT2D eigenvalue weighted by Crippen LogP contribution is 2.29. The van der Waals surface area contributed by atoms with E-state index >= 15 is 0 Å². The molecule has 0 spiro atoms. The second-order valence-corrected chi connectivity index (χ2v) is 9.26. The van der Waals surface area contributed by atoms with Crippen molar-refractivity contribution in [1.29, 1.82) is 0 Å². The predicted octanol–water partition coefficient (Wildman–Crippen LogP) is 3.55. The third kappa shape index (κ3) is 6.06. The zero-order valence-corrected chi connectivity index (χ0v) is 20.3. The van der Waals surface area contributed by atoms with Crippen molar-refractivity contribution in [1.82, 2.24) is 4.72 Å². The zero-order valence-electron chi connectivity index (χ0n) is 19.5. The van der Waals surface area contributed by atoms with E-state index in [2.05, 4.69) is 10.0 Å². The van der Waals surface area contributed by atoms with Crippen molar-refractivity contribution in [3.8, 4) is 17.2 Å². The number of sulfonamides is 1. The van der Waals surface area contributed by atoms with Gasteiger partial charge in [0.25, 0.3) is 0 Å². The molecule has 0 radical (unpaired) electrons. The maximum atomic E-state index is 13.3. The van der Waals surface area contributed by atoms with Crippen LogP contribution in [0.25, 0.3) is 0 Å². The van der Waals surface area contributed by atoms with Crippen molar-refractivity contribution >= 4 is 21.6 Å². The monoisotopic (exact) mass is 484 g/mol. The Morgan fingerprint density at radius 2 is 1.56 bits per heavy atom. The molecule has 1 amide bonds. The fraction of sp³-hybridized carbons (Fsp3) is 0.240. The molecule has 0 saturated heterocycles. The summed E-state index contributed by atoms with van der Waals surface area (Å²) in [7, 11) is 0.491. The summed E-state index contributed by atoms with van der Waals surface area (Å²) >= 11 is 0. The summed E-state index contributed by atoms with van der Waals surface area (Å²) in [5.41, 5.74) is 1.83. The number of methoxy groups -OCH3 is 3. The average molecular weight is 485 g/mol. The van der Waals surface area contributed by atoms with Crippen LogP contribution in [0.15, 0.2) is 71.6 Å². The van der Waals surface area contributed by atoms with Crippen molar-refractivity contribution < 1.29 is 27.4 Å². The Kier molecular flexibility index (Phi) is 8.14. The molecule has 0 unspecified atom stereocenters. The van der Waals surface area contributed by atoms with Crippen molar-refractivity contribution in [3.05, 3.63) is 77.9 Å². The molecule has 0 aliphatic rings. The van der Waals surface area contributed by atoms with Crippen LogP contribution >= 0.6 is 0 Å². The highest BCUT2D eigenvalue weighted by atomic mass is 32.2. The number of anilines is 1. The highest BCUT2D eigenvalue weighted by Gasteiger charge is 2.27. The standard InChI is InChI=1S/C25H28N2O6S/c1-17-14-20(11-13-23(17)32-3)34(29,30)27-22(15-18-8-6-5-7-9-18)25(28)26-21-16-19(31-2)10-12-24(21)33-4/h5-14,16,22,27H,15H2,1-4H3,(H,26,28)/t22-/m0/s1. The second-order valence-electron chi connectivity index (χ2n) is 7.55. The summed E-state index contributed by atoms with van der Waals surface area (Å²) in [6, 6.07) is 17.6. The van der Waals surface area contributed by atoms with Crippen LogP contribution in [0.5, 0.6) is 17.2 Å². The van der Waals surface area contributed by atoms with Crippen LogP contribution in [0.3, 0.4) is 0 Å². The van der Waals surface area contributed by atoms with E-state index in [1.807, 2.05) is 30.3 Å². The van der Waals surface area contributed by atoms with E-state index in [1.165, 1.54) is 33.5 Å². The van der Waals surface area contributed by atoms with Gasteiger partial charge in [0.1, 0.15) is 23.3 Å². The lowest BCUT2D eigenvalue weighted by molar-refractivity contribution is -0.117. The minimum Gasteiger partial charge on any atom is -0.497 e. The molecule has 1 atom stereocenters. The third-order valence-corrected chi connectivity index (χ3v) is 6.71. The molecule has 3 aromatic rings. The largest absolute Gasteiger partial charge is 0.497 e. The number of aryl methyl sites for hydroxylation is 1. The summed E-state index contributed by atoms with van der Waals surface area (Å²) in [6.07, 6.45) is 0.146. The molecule has 0 aromatic heterocycles. The molecule has 0 heterocycles. The lowest BCUT2D eigenvalue weighted by Crippen LogP contribution is -2.45. The Hall–Kier alpha value is -3.56. The fourth-order valence-electron chi connectivity index (χ4n) is 3.44. The van der Waals surface area contributed by atoms with Crippen LogP contribution in [-0.4, -0.2) is 41.7 Å². The molecule has 34 heavy (non-hydrogen) atoms. The van der Waals surface area contributed by atoms with Gasteiger partial charge < -0.3 is 19.5 Å². The SMILES string of the molecule is COc1ccc(OC)c(NC(=O)[C@H](Cc2ccccc2)NS(=O)(=O)c2ccc(OC)c(C)c2)c1. The van der Waals surface area contributed by atoms with E-state index in [9.17, 15) is 13.2 Å². The number of rotatable bonds is 10. The van der Waals surface area contributed by atoms with Crippen LogP contribution in [0.1, 0.15) is 11.1 Å². The van der Waals surface area contributed by atoms with Crippen LogP contribution in [-0.2, 0) is 21.2 Å².